The Morgan fingerprint density at radius 1 is 0.719 bits per heavy atom. The van der Waals surface area contributed by atoms with Crippen LogP contribution in [0.1, 0.15) is 89.5 Å². The van der Waals surface area contributed by atoms with Gasteiger partial charge in [-0.3, -0.25) is 0 Å². The minimum atomic E-state index is -4.48. The van der Waals surface area contributed by atoms with E-state index in [0.717, 1.165) is 6.42 Å². The zero-order valence-corrected chi connectivity index (χ0v) is 22.7. The van der Waals surface area contributed by atoms with E-state index in [1.807, 2.05) is 24.3 Å². The maximum Gasteiger partial charge on any atom is 1.00 e. The number of benzene rings is 2. The van der Waals surface area contributed by atoms with Gasteiger partial charge in [0.15, 0.2) is 0 Å². The smallest absolute Gasteiger partial charge is 0.744 e. The van der Waals surface area contributed by atoms with Gasteiger partial charge in [0.05, 0.1) is 4.90 Å². The van der Waals surface area contributed by atoms with E-state index in [2.05, 4.69) is 6.92 Å². The van der Waals surface area contributed by atoms with Crippen LogP contribution in [0.2, 0.25) is 0 Å². The molecule has 0 aliphatic heterocycles. The van der Waals surface area contributed by atoms with Crippen molar-refractivity contribution in [3.05, 3.63) is 54.1 Å². The molecular formula is C26H37NaO4S. The van der Waals surface area contributed by atoms with Crippen molar-refractivity contribution >= 4 is 10.1 Å². The predicted octanol–water partition coefficient (Wildman–Crippen LogP) is 4.63. The summed E-state index contributed by atoms with van der Waals surface area (Å²) in [5.74, 6) is 0.963. The van der Waals surface area contributed by atoms with Crippen LogP contribution in [0.25, 0.3) is 0 Å². The maximum absolute atomic E-state index is 11.1. The largest absolute Gasteiger partial charge is 1.00 e. The summed E-state index contributed by atoms with van der Waals surface area (Å²) in [6.07, 6.45) is 17.3. The fourth-order valence-corrected chi connectivity index (χ4v) is 4.23. The van der Waals surface area contributed by atoms with Crippen LogP contribution in [0.4, 0.5) is 0 Å². The van der Waals surface area contributed by atoms with E-state index >= 15 is 0 Å². The van der Waals surface area contributed by atoms with Crippen LogP contribution in [0.5, 0.6) is 11.5 Å². The molecule has 6 heteroatoms. The van der Waals surface area contributed by atoms with Gasteiger partial charge in [0, 0.05) is 0 Å². The summed E-state index contributed by atoms with van der Waals surface area (Å²) in [7, 11) is -4.48. The van der Waals surface area contributed by atoms with E-state index in [-0.39, 0.29) is 34.5 Å². The van der Waals surface area contributed by atoms with Gasteiger partial charge in [0.1, 0.15) is 21.6 Å². The molecule has 0 saturated carbocycles. The monoisotopic (exact) mass is 468 g/mol. The van der Waals surface area contributed by atoms with E-state index in [9.17, 15) is 13.0 Å². The molecular weight excluding hydrogens is 431 g/mol. The molecule has 0 heterocycles. The second kappa shape index (κ2) is 16.7. The third-order valence-corrected chi connectivity index (χ3v) is 6.40. The summed E-state index contributed by atoms with van der Waals surface area (Å²) >= 11 is 0. The molecule has 2 rings (SSSR count). The van der Waals surface area contributed by atoms with Gasteiger partial charge < -0.3 is 9.29 Å². The van der Waals surface area contributed by atoms with Crippen LogP contribution < -0.4 is 34.3 Å². The molecule has 0 unspecified atom stereocenters. The molecule has 4 nitrogen and oxygen atoms in total. The second-order valence-electron chi connectivity index (χ2n) is 8.31. The predicted molar refractivity (Wildman–Crippen MR) is 126 cm³/mol. The Kier molecular flexibility index (Phi) is 15.2. The first-order chi connectivity index (χ1) is 15.0. The molecule has 0 bridgehead atoms. The molecule has 0 fully saturated rings. The number of aryl methyl sites for hydroxylation is 1. The van der Waals surface area contributed by atoms with Crippen molar-refractivity contribution in [3.63, 3.8) is 0 Å². The molecule has 32 heavy (non-hydrogen) atoms. The molecule has 172 valence electrons. The average Bonchev–Trinajstić information content (AvgIpc) is 2.75. The fourth-order valence-electron chi connectivity index (χ4n) is 3.72. The summed E-state index contributed by atoms with van der Waals surface area (Å²) in [4.78, 5) is -0.284. The molecule has 0 aliphatic rings. The minimum Gasteiger partial charge on any atom is -0.744 e. The van der Waals surface area contributed by atoms with E-state index in [1.165, 1.54) is 101 Å². The molecule has 2 aromatic rings. The third-order valence-electron chi connectivity index (χ3n) is 5.57. The molecule has 0 aromatic heterocycles. The first-order valence-corrected chi connectivity index (χ1v) is 13.2. The Morgan fingerprint density at radius 2 is 1.25 bits per heavy atom. The van der Waals surface area contributed by atoms with E-state index in [1.54, 1.807) is 6.07 Å². The van der Waals surface area contributed by atoms with Crippen molar-refractivity contribution in [2.24, 2.45) is 0 Å². The maximum atomic E-state index is 11.1. The number of hydrogen-bond acceptors (Lipinski definition) is 4. The van der Waals surface area contributed by atoms with Gasteiger partial charge >= 0.3 is 29.6 Å². The van der Waals surface area contributed by atoms with Gasteiger partial charge in [0.25, 0.3) is 0 Å². The Hall–Kier alpha value is -0.850. The Morgan fingerprint density at radius 3 is 1.78 bits per heavy atom. The van der Waals surface area contributed by atoms with E-state index in [0.29, 0.717) is 11.5 Å². The number of unbranched alkanes of at least 4 members (excludes halogenated alkanes) is 11. The Bertz CT molecular complexity index is 850. The summed E-state index contributed by atoms with van der Waals surface area (Å²) in [6.45, 7) is 2.26. The molecule has 0 amide bonds. The number of rotatable bonds is 16. The van der Waals surface area contributed by atoms with Gasteiger partial charge in [-0.05, 0) is 48.7 Å². The Balaban J connectivity index is 0.00000512. The molecule has 0 saturated heterocycles. The summed E-state index contributed by atoms with van der Waals surface area (Å²) in [5, 5.41) is 0. The van der Waals surface area contributed by atoms with Crippen molar-refractivity contribution < 1.29 is 47.3 Å². The van der Waals surface area contributed by atoms with Gasteiger partial charge in [-0.15, -0.1) is 0 Å². The van der Waals surface area contributed by atoms with Crippen LogP contribution in [-0.4, -0.2) is 13.0 Å². The van der Waals surface area contributed by atoms with Crippen LogP contribution in [0.15, 0.2) is 53.4 Å². The van der Waals surface area contributed by atoms with Crippen LogP contribution in [-0.2, 0) is 16.5 Å². The average molecular weight is 469 g/mol. The van der Waals surface area contributed by atoms with E-state index in [4.69, 9.17) is 4.74 Å². The van der Waals surface area contributed by atoms with Crippen LogP contribution in [0, 0.1) is 0 Å². The standard InChI is InChI=1S/C26H38O4S.Na/c1-2-3-4-5-6-7-8-9-10-11-12-13-15-23-18-20-24(21-19-23)30-25-16-14-17-26(22-25)31(27,28)29;/h14,16-22H,2-13,15H2,1H3,(H,27,28,29);/q;+1/p-1. The summed E-state index contributed by atoms with van der Waals surface area (Å²) in [5.41, 5.74) is 1.27. The SMILES string of the molecule is CCCCCCCCCCCCCCc1ccc(Oc2cccc(S(=O)(=O)[O-])c2)cc1.[Na+]. The quantitative estimate of drug-likeness (QED) is 0.205. The zero-order chi connectivity index (χ0) is 22.4. The Labute approximate surface area is 217 Å². The first kappa shape index (κ1) is 29.2. The number of hydrogen-bond donors (Lipinski definition) is 0. The third kappa shape index (κ3) is 12.4. The van der Waals surface area contributed by atoms with Crippen LogP contribution in [0.3, 0.4) is 0 Å². The summed E-state index contributed by atoms with van der Waals surface area (Å²) in [6, 6.07) is 13.5. The fraction of sp³-hybridized carbons (Fsp3) is 0.538. The van der Waals surface area contributed by atoms with Crippen LogP contribution >= 0.6 is 0 Å². The molecule has 0 atom stereocenters. The zero-order valence-electron chi connectivity index (χ0n) is 19.9. The van der Waals surface area contributed by atoms with E-state index < -0.39 is 10.1 Å². The molecule has 0 N–H and O–H groups in total. The molecule has 0 radical (unpaired) electrons. The minimum absolute atomic E-state index is 0. The van der Waals surface area contributed by atoms with Gasteiger partial charge in [0.2, 0.25) is 0 Å². The van der Waals surface area contributed by atoms with Crippen molar-refractivity contribution in [3.8, 4) is 11.5 Å². The van der Waals surface area contributed by atoms with Crippen molar-refractivity contribution in [1.82, 2.24) is 0 Å². The first-order valence-electron chi connectivity index (χ1n) is 11.8. The topological polar surface area (TPSA) is 66.4 Å². The van der Waals surface area contributed by atoms with Crippen molar-refractivity contribution in [1.29, 1.82) is 0 Å². The molecule has 0 spiro atoms. The van der Waals surface area contributed by atoms with Gasteiger partial charge in [-0.25, -0.2) is 8.42 Å². The molecule has 2 aromatic carbocycles. The summed E-state index contributed by atoms with van der Waals surface area (Å²) < 4.78 is 39.1. The van der Waals surface area contributed by atoms with Crippen molar-refractivity contribution in [2.75, 3.05) is 0 Å². The second-order valence-corrected chi connectivity index (χ2v) is 9.69. The van der Waals surface area contributed by atoms with Gasteiger partial charge in [-0.2, -0.15) is 0 Å². The van der Waals surface area contributed by atoms with Crippen molar-refractivity contribution in [2.45, 2.75) is 95.3 Å². The number of ether oxygens (including phenoxy) is 1. The normalized spacial score (nSPS) is 11.2. The molecule has 0 aliphatic carbocycles. The van der Waals surface area contributed by atoms with Gasteiger partial charge in [-0.1, -0.05) is 95.8 Å².